The molecule has 1 heterocycles. The van der Waals surface area contributed by atoms with Crippen molar-refractivity contribution in [3.8, 4) is 0 Å². The van der Waals surface area contributed by atoms with Crippen LogP contribution in [0.1, 0.15) is 15.9 Å². The minimum absolute atomic E-state index is 0.0974. The SMILES string of the molecule is CN(C)c1ccc(CNC(=O)c2cc(F)c(Br)cc2Cl)cn1. The number of nitrogens with zero attached hydrogens (tertiary/aromatic N) is 2. The van der Waals surface area contributed by atoms with Gasteiger partial charge in [-0.25, -0.2) is 9.37 Å². The predicted molar refractivity (Wildman–Crippen MR) is 88.8 cm³/mol. The highest BCUT2D eigenvalue weighted by atomic mass is 79.9. The van der Waals surface area contributed by atoms with Gasteiger partial charge in [-0.15, -0.1) is 0 Å². The van der Waals surface area contributed by atoms with Crippen molar-refractivity contribution in [2.24, 2.45) is 0 Å². The van der Waals surface area contributed by atoms with E-state index in [4.69, 9.17) is 11.6 Å². The van der Waals surface area contributed by atoms with E-state index in [1.807, 2.05) is 31.1 Å². The number of pyridine rings is 1. The molecule has 1 aromatic carbocycles. The number of halogens is 3. The maximum atomic E-state index is 13.5. The van der Waals surface area contributed by atoms with E-state index in [9.17, 15) is 9.18 Å². The molecule has 0 saturated carbocycles. The van der Waals surface area contributed by atoms with Gasteiger partial charge in [0.1, 0.15) is 11.6 Å². The van der Waals surface area contributed by atoms with Crippen molar-refractivity contribution >= 4 is 39.3 Å². The second kappa shape index (κ2) is 7.07. The monoisotopic (exact) mass is 385 g/mol. The summed E-state index contributed by atoms with van der Waals surface area (Å²) in [6.07, 6.45) is 1.68. The van der Waals surface area contributed by atoms with Gasteiger partial charge in [0.25, 0.3) is 5.91 Å². The molecular weight excluding hydrogens is 373 g/mol. The zero-order valence-corrected chi connectivity index (χ0v) is 14.4. The van der Waals surface area contributed by atoms with Gasteiger partial charge in [-0.3, -0.25) is 4.79 Å². The quantitative estimate of drug-likeness (QED) is 0.816. The Labute approximate surface area is 141 Å². The van der Waals surface area contributed by atoms with E-state index < -0.39 is 11.7 Å². The molecule has 1 aromatic heterocycles. The number of hydrogen-bond acceptors (Lipinski definition) is 3. The Morgan fingerprint density at radius 2 is 2.14 bits per heavy atom. The number of aromatic nitrogens is 1. The van der Waals surface area contributed by atoms with Gasteiger partial charge >= 0.3 is 0 Å². The third-order valence-electron chi connectivity index (χ3n) is 2.97. The molecule has 0 spiro atoms. The van der Waals surface area contributed by atoms with Crippen molar-refractivity contribution in [2.45, 2.75) is 6.54 Å². The Bertz CT molecular complexity index is 692. The van der Waals surface area contributed by atoms with Crippen LogP contribution in [-0.2, 0) is 6.54 Å². The molecule has 2 rings (SSSR count). The molecular formula is C15H14BrClFN3O. The fraction of sp³-hybridized carbons (Fsp3) is 0.200. The average Bonchev–Trinajstić information content (AvgIpc) is 2.49. The second-order valence-corrected chi connectivity index (χ2v) is 6.11. The van der Waals surface area contributed by atoms with Gasteiger partial charge in [0, 0.05) is 26.8 Å². The van der Waals surface area contributed by atoms with Crippen molar-refractivity contribution in [2.75, 3.05) is 19.0 Å². The Balaban J connectivity index is 2.05. The van der Waals surface area contributed by atoms with Gasteiger partial charge in [-0.1, -0.05) is 17.7 Å². The molecule has 22 heavy (non-hydrogen) atoms. The molecule has 0 atom stereocenters. The van der Waals surface area contributed by atoms with Crippen molar-refractivity contribution in [3.05, 3.63) is 56.9 Å². The van der Waals surface area contributed by atoms with E-state index in [0.29, 0.717) is 0 Å². The normalized spacial score (nSPS) is 10.4. The van der Waals surface area contributed by atoms with E-state index in [1.165, 1.54) is 6.07 Å². The summed E-state index contributed by atoms with van der Waals surface area (Å²) in [6.45, 7) is 0.285. The zero-order valence-electron chi connectivity index (χ0n) is 12.0. The highest BCUT2D eigenvalue weighted by Gasteiger charge is 2.13. The van der Waals surface area contributed by atoms with Crippen LogP contribution in [0.3, 0.4) is 0 Å². The van der Waals surface area contributed by atoms with Gasteiger partial charge in [-0.2, -0.15) is 0 Å². The topological polar surface area (TPSA) is 45.2 Å². The summed E-state index contributed by atoms with van der Waals surface area (Å²) >= 11 is 8.98. The smallest absolute Gasteiger partial charge is 0.253 e. The van der Waals surface area contributed by atoms with Crippen LogP contribution >= 0.6 is 27.5 Å². The van der Waals surface area contributed by atoms with Crippen LogP contribution < -0.4 is 10.2 Å². The molecule has 0 fully saturated rings. The van der Waals surface area contributed by atoms with Gasteiger partial charge in [-0.05, 0) is 39.7 Å². The van der Waals surface area contributed by atoms with Crippen LogP contribution in [0.5, 0.6) is 0 Å². The number of nitrogens with one attached hydrogen (secondary N) is 1. The molecule has 0 bridgehead atoms. The lowest BCUT2D eigenvalue weighted by Crippen LogP contribution is -2.23. The second-order valence-electron chi connectivity index (χ2n) is 4.85. The van der Waals surface area contributed by atoms with Crippen molar-refractivity contribution < 1.29 is 9.18 Å². The average molecular weight is 387 g/mol. The lowest BCUT2D eigenvalue weighted by atomic mass is 10.2. The minimum Gasteiger partial charge on any atom is -0.363 e. The van der Waals surface area contributed by atoms with Crippen LogP contribution in [0.4, 0.5) is 10.2 Å². The summed E-state index contributed by atoms with van der Waals surface area (Å²) in [7, 11) is 3.79. The molecule has 0 aliphatic heterocycles. The van der Waals surface area contributed by atoms with E-state index >= 15 is 0 Å². The molecule has 1 N–H and O–H groups in total. The van der Waals surface area contributed by atoms with Crippen LogP contribution in [0, 0.1) is 5.82 Å². The maximum Gasteiger partial charge on any atom is 0.253 e. The number of amides is 1. The maximum absolute atomic E-state index is 13.5. The molecule has 116 valence electrons. The molecule has 1 amide bonds. The van der Waals surface area contributed by atoms with Gasteiger partial charge in [0.15, 0.2) is 0 Å². The lowest BCUT2D eigenvalue weighted by Gasteiger charge is -2.12. The first-order valence-electron chi connectivity index (χ1n) is 6.43. The number of hydrogen-bond donors (Lipinski definition) is 1. The zero-order chi connectivity index (χ0) is 16.3. The molecule has 2 aromatic rings. The lowest BCUT2D eigenvalue weighted by molar-refractivity contribution is 0.0950. The third kappa shape index (κ3) is 3.96. The van der Waals surface area contributed by atoms with Crippen LogP contribution in [0.2, 0.25) is 5.02 Å². The number of rotatable bonds is 4. The van der Waals surface area contributed by atoms with Crippen LogP contribution in [-0.4, -0.2) is 25.0 Å². The summed E-state index contributed by atoms with van der Waals surface area (Å²) in [5.41, 5.74) is 0.938. The fourth-order valence-corrected chi connectivity index (χ4v) is 2.48. The first-order chi connectivity index (χ1) is 10.4. The molecule has 0 saturated heterocycles. The Kier molecular flexibility index (Phi) is 5.37. The molecule has 0 unspecified atom stereocenters. The summed E-state index contributed by atoms with van der Waals surface area (Å²) in [5.74, 6) is -0.146. The van der Waals surface area contributed by atoms with Crippen molar-refractivity contribution in [3.63, 3.8) is 0 Å². The fourth-order valence-electron chi connectivity index (χ4n) is 1.76. The van der Waals surface area contributed by atoms with Crippen molar-refractivity contribution in [1.82, 2.24) is 10.3 Å². The van der Waals surface area contributed by atoms with Gasteiger partial charge in [0.2, 0.25) is 0 Å². The molecule has 7 heteroatoms. The highest BCUT2D eigenvalue weighted by Crippen LogP contribution is 2.24. The van der Waals surface area contributed by atoms with Crippen LogP contribution in [0.15, 0.2) is 34.9 Å². The number of benzene rings is 1. The first kappa shape index (κ1) is 16.7. The summed E-state index contributed by atoms with van der Waals surface area (Å²) < 4.78 is 13.7. The predicted octanol–water partition coefficient (Wildman–Crippen LogP) is 3.63. The molecule has 0 radical (unpaired) electrons. The number of anilines is 1. The van der Waals surface area contributed by atoms with Crippen LogP contribution in [0.25, 0.3) is 0 Å². The highest BCUT2D eigenvalue weighted by molar-refractivity contribution is 9.10. The Hall–Kier alpha value is -1.66. The van der Waals surface area contributed by atoms with E-state index in [0.717, 1.165) is 17.4 Å². The Morgan fingerprint density at radius 3 is 2.73 bits per heavy atom. The van der Waals surface area contributed by atoms with Gasteiger partial charge in [0.05, 0.1) is 15.1 Å². The third-order valence-corrected chi connectivity index (χ3v) is 3.90. The number of carbonyl (C=O) groups excluding carboxylic acids is 1. The van der Waals surface area contributed by atoms with E-state index in [1.54, 1.807) is 6.20 Å². The van der Waals surface area contributed by atoms with Crippen molar-refractivity contribution in [1.29, 1.82) is 0 Å². The molecule has 0 aliphatic carbocycles. The largest absolute Gasteiger partial charge is 0.363 e. The standard InChI is InChI=1S/C15H14BrClFN3O/c1-21(2)14-4-3-9(7-19-14)8-20-15(22)10-5-13(18)11(16)6-12(10)17/h3-7H,8H2,1-2H3,(H,20,22). The first-order valence-corrected chi connectivity index (χ1v) is 7.60. The summed E-state index contributed by atoms with van der Waals surface area (Å²) in [4.78, 5) is 18.2. The Morgan fingerprint density at radius 1 is 1.41 bits per heavy atom. The minimum atomic E-state index is -0.536. The molecule has 0 aliphatic rings. The summed E-state index contributed by atoms with van der Waals surface area (Å²) in [5, 5.41) is 2.88. The van der Waals surface area contributed by atoms with Gasteiger partial charge < -0.3 is 10.2 Å². The number of carbonyl (C=O) groups is 1. The molecule has 4 nitrogen and oxygen atoms in total. The van der Waals surface area contributed by atoms with E-state index in [2.05, 4.69) is 26.2 Å². The summed E-state index contributed by atoms with van der Waals surface area (Å²) in [6, 6.07) is 6.19. The van der Waals surface area contributed by atoms with E-state index in [-0.39, 0.29) is 21.6 Å².